The van der Waals surface area contributed by atoms with Crippen LogP contribution in [0.15, 0.2) is 51.9 Å². The van der Waals surface area contributed by atoms with E-state index < -0.39 is 0 Å². The van der Waals surface area contributed by atoms with E-state index in [1.165, 1.54) is 57.3 Å². The summed E-state index contributed by atoms with van der Waals surface area (Å²) in [7, 11) is 1.70. The Bertz CT molecular complexity index is 914. The summed E-state index contributed by atoms with van der Waals surface area (Å²) in [5.74, 6) is 1.36. The maximum Gasteiger partial charge on any atom is 0.188 e. The first-order valence-corrected chi connectivity index (χ1v) is 13.5. The van der Waals surface area contributed by atoms with Gasteiger partial charge in [0.2, 0.25) is 0 Å². The molecule has 1 aliphatic rings. The minimum atomic E-state index is 0.549. The van der Waals surface area contributed by atoms with Gasteiger partial charge in [0.1, 0.15) is 12.0 Å². The highest BCUT2D eigenvalue weighted by atomic mass is 79.9. The number of carbonyl (C=O) groups is 1. The molecular weight excluding hydrogens is 504 g/mol. The summed E-state index contributed by atoms with van der Waals surface area (Å²) in [4.78, 5) is 17.6. The van der Waals surface area contributed by atoms with E-state index in [4.69, 9.17) is 10.5 Å². The number of benzene rings is 2. The fourth-order valence-electron chi connectivity index (χ4n) is 4.15. The molecule has 35 heavy (non-hydrogen) atoms. The number of rotatable bonds is 11. The van der Waals surface area contributed by atoms with Gasteiger partial charge in [0.15, 0.2) is 5.96 Å². The van der Waals surface area contributed by atoms with Crippen LogP contribution in [0.25, 0.3) is 0 Å². The standard InChI is InChI=1S/C17H17BrO2.C11H24N4/c1-2-20-17-8-4-6-14(12-19)16(17)10-9-13-5-3-7-15(18)11-13;1-13-11(12)14-7-3-6-10-15-8-4-2-5-9-15/h3-8,11-12H,2,9-10H2,1H3;2-10H2,1H3,(H3,12,13,14). The van der Waals surface area contributed by atoms with Gasteiger partial charge in [-0.2, -0.15) is 0 Å². The summed E-state index contributed by atoms with van der Waals surface area (Å²) in [6.07, 6.45) is 9.18. The van der Waals surface area contributed by atoms with Crippen molar-refractivity contribution in [1.29, 1.82) is 0 Å². The minimum absolute atomic E-state index is 0.549. The van der Waals surface area contributed by atoms with Crippen LogP contribution in [0.3, 0.4) is 0 Å². The highest BCUT2D eigenvalue weighted by molar-refractivity contribution is 9.10. The zero-order chi connectivity index (χ0) is 25.3. The van der Waals surface area contributed by atoms with Gasteiger partial charge >= 0.3 is 0 Å². The second-order valence-electron chi connectivity index (χ2n) is 8.65. The molecule has 0 aliphatic carbocycles. The number of aldehydes is 1. The molecule has 0 bridgehead atoms. The van der Waals surface area contributed by atoms with E-state index in [0.717, 1.165) is 41.5 Å². The second kappa shape index (κ2) is 17.1. The van der Waals surface area contributed by atoms with E-state index in [9.17, 15) is 4.79 Å². The molecule has 0 radical (unpaired) electrons. The van der Waals surface area contributed by atoms with Crippen molar-refractivity contribution in [2.24, 2.45) is 10.7 Å². The van der Waals surface area contributed by atoms with Gasteiger partial charge in [-0.15, -0.1) is 0 Å². The van der Waals surface area contributed by atoms with Gasteiger partial charge < -0.3 is 20.7 Å². The number of ether oxygens (including phenoxy) is 1. The number of carbonyl (C=O) groups excluding carboxylic acids is 1. The molecule has 1 fully saturated rings. The van der Waals surface area contributed by atoms with E-state index in [1.807, 2.05) is 37.3 Å². The van der Waals surface area contributed by atoms with Crippen molar-refractivity contribution < 1.29 is 9.53 Å². The Kier molecular flexibility index (Phi) is 14.1. The molecule has 0 amide bonds. The van der Waals surface area contributed by atoms with Crippen LogP contribution in [0.1, 0.15) is 60.5 Å². The first-order chi connectivity index (χ1) is 17.1. The summed E-state index contributed by atoms with van der Waals surface area (Å²) >= 11 is 3.47. The topological polar surface area (TPSA) is 79.9 Å². The van der Waals surface area contributed by atoms with Gasteiger partial charge in [0, 0.05) is 29.2 Å². The number of hydrogen-bond acceptors (Lipinski definition) is 4. The van der Waals surface area contributed by atoms with Crippen LogP contribution >= 0.6 is 15.9 Å². The molecule has 0 saturated carbocycles. The zero-order valence-electron chi connectivity index (χ0n) is 21.3. The molecule has 3 rings (SSSR count). The number of piperidine rings is 1. The maximum atomic E-state index is 11.2. The molecule has 1 aliphatic heterocycles. The maximum absolute atomic E-state index is 11.2. The lowest BCUT2D eigenvalue weighted by Crippen LogP contribution is -2.33. The van der Waals surface area contributed by atoms with Crippen LogP contribution < -0.4 is 15.8 Å². The van der Waals surface area contributed by atoms with Gasteiger partial charge in [-0.05, 0) is 88.8 Å². The van der Waals surface area contributed by atoms with Crippen molar-refractivity contribution >= 4 is 28.2 Å². The Morgan fingerprint density at radius 1 is 1.14 bits per heavy atom. The molecule has 1 heterocycles. The molecule has 7 heteroatoms. The third-order valence-electron chi connectivity index (χ3n) is 6.05. The number of aryl methyl sites for hydroxylation is 1. The Morgan fingerprint density at radius 2 is 1.91 bits per heavy atom. The molecule has 6 nitrogen and oxygen atoms in total. The van der Waals surface area contributed by atoms with Gasteiger partial charge in [-0.3, -0.25) is 9.79 Å². The monoisotopic (exact) mass is 544 g/mol. The molecule has 2 aromatic carbocycles. The first kappa shape index (κ1) is 28.9. The van der Waals surface area contributed by atoms with E-state index >= 15 is 0 Å². The molecule has 2 aromatic rings. The highest BCUT2D eigenvalue weighted by Crippen LogP contribution is 2.24. The van der Waals surface area contributed by atoms with Crippen molar-refractivity contribution in [3.05, 3.63) is 63.6 Å². The van der Waals surface area contributed by atoms with Gasteiger partial charge in [0.25, 0.3) is 0 Å². The average molecular weight is 546 g/mol. The van der Waals surface area contributed by atoms with Crippen LogP contribution in [0.2, 0.25) is 0 Å². The largest absolute Gasteiger partial charge is 0.494 e. The summed E-state index contributed by atoms with van der Waals surface area (Å²) in [5, 5.41) is 3.08. The second-order valence-corrected chi connectivity index (χ2v) is 9.57. The highest BCUT2D eigenvalue weighted by Gasteiger charge is 2.10. The van der Waals surface area contributed by atoms with Crippen LogP contribution in [0.4, 0.5) is 0 Å². The van der Waals surface area contributed by atoms with E-state index in [2.05, 4.69) is 43.3 Å². The molecule has 0 aromatic heterocycles. The van der Waals surface area contributed by atoms with Crippen LogP contribution in [0.5, 0.6) is 5.75 Å². The number of hydrogen-bond donors (Lipinski definition) is 2. The van der Waals surface area contributed by atoms with Crippen molar-refractivity contribution in [3.8, 4) is 5.75 Å². The lowest BCUT2D eigenvalue weighted by molar-refractivity contribution is 0.112. The van der Waals surface area contributed by atoms with Crippen molar-refractivity contribution in [1.82, 2.24) is 10.2 Å². The number of aliphatic imine (C=N–C) groups is 1. The molecular formula is C28H41BrN4O2. The zero-order valence-corrected chi connectivity index (χ0v) is 22.9. The SMILES string of the molecule is CCOc1cccc(C=O)c1CCc1cccc(Br)c1.CN=C(N)NCCCCN1CCCCC1. The van der Waals surface area contributed by atoms with E-state index in [0.29, 0.717) is 18.1 Å². The molecule has 192 valence electrons. The molecule has 0 atom stereocenters. The number of likely N-dealkylation sites (tertiary alicyclic amines) is 1. The third kappa shape index (κ3) is 11.3. The average Bonchev–Trinajstić information content (AvgIpc) is 2.88. The molecule has 0 spiro atoms. The van der Waals surface area contributed by atoms with E-state index in [1.54, 1.807) is 7.05 Å². The number of nitrogens with two attached hydrogens (primary N) is 1. The lowest BCUT2D eigenvalue weighted by atomic mass is 9.99. The Hall–Kier alpha value is -2.38. The Balaban J connectivity index is 0.000000258. The van der Waals surface area contributed by atoms with Crippen molar-refractivity contribution in [3.63, 3.8) is 0 Å². The summed E-state index contributed by atoms with van der Waals surface area (Å²) in [6, 6.07) is 13.8. The fraction of sp³-hybridized carbons (Fsp3) is 0.500. The van der Waals surface area contributed by atoms with Gasteiger partial charge in [0.05, 0.1) is 6.61 Å². The van der Waals surface area contributed by atoms with E-state index in [-0.39, 0.29) is 0 Å². The molecule has 0 unspecified atom stereocenters. The number of unbranched alkanes of at least 4 members (excludes halogenated alkanes) is 1. The Morgan fingerprint density at radius 3 is 2.60 bits per heavy atom. The molecule has 3 N–H and O–H groups in total. The first-order valence-electron chi connectivity index (χ1n) is 12.7. The summed E-state index contributed by atoms with van der Waals surface area (Å²) < 4.78 is 6.70. The van der Waals surface area contributed by atoms with Crippen molar-refractivity contribution in [2.45, 2.75) is 51.9 Å². The normalized spacial score (nSPS) is 14.1. The smallest absolute Gasteiger partial charge is 0.188 e. The number of guanidine groups is 1. The van der Waals surface area contributed by atoms with Gasteiger partial charge in [-0.25, -0.2) is 0 Å². The Labute approximate surface area is 219 Å². The van der Waals surface area contributed by atoms with Crippen LogP contribution in [-0.4, -0.2) is 57.0 Å². The predicted molar refractivity (Wildman–Crippen MR) is 150 cm³/mol. The lowest BCUT2D eigenvalue weighted by Gasteiger charge is -2.26. The molecule has 1 saturated heterocycles. The minimum Gasteiger partial charge on any atom is -0.494 e. The number of nitrogens with zero attached hydrogens (tertiary/aromatic N) is 2. The summed E-state index contributed by atoms with van der Waals surface area (Å²) in [5.41, 5.74) is 8.47. The van der Waals surface area contributed by atoms with Crippen LogP contribution in [0, 0.1) is 0 Å². The van der Waals surface area contributed by atoms with Gasteiger partial charge in [-0.1, -0.05) is 46.6 Å². The number of halogens is 1. The quantitative estimate of drug-likeness (QED) is 0.175. The number of nitrogens with one attached hydrogen (secondary N) is 1. The van der Waals surface area contributed by atoms with Crippen LogP contribution in [-0.2, 0) is 12.8 Å². The van der Waals surface area contributed by atoms with Crippen molar-refractivity contribution in [2.75, 3.05) is 39.8 Å². The summed E-state index contributed by atoms with van der Waals surface area (Å²) in [6.45, 7) is 7.33. The third-order valence-corrected chi connectivity index (χ3v) is 6.54. The predicted octanol–water partition coefficient (Wildman–Crippen LogP) is 5.23. The fourth-order valence-corrected chi connectivity index (χ4v) is 4.60.